The highest BCUT2D eigenvalue weighted by Crippen LogP contribution is 2.37. The van der Waals surface area contributed by atoms with Crippen LogP contribution in [0.5, 0.6) is 0 Å². The van der Waals surface area contributed by atoms with Crippen LogP contribution in [0.15, 0.2) is 6.20 Å². The van der Waals surface area contributed by atoms with Crippen molar-refractivity contribution in [2.75, 3.05) is 11.4 Å². The molecule has 24 heavy (non-hydrogen) atoms. The summed E-state index contributed by atoms with van der Waals surface area (Å²) in [5.41, 5.74) is 0.898. The topological polar surface area (TPSA) is 50.5 Å². The fourth-order valence-corrected chi connectivity index (χ4v) is 3.11. The van der Waals surface area contributed by atoms with E-state index < -0.39 is 17.5 Å². The normalized spacial score (nSPS) is 15.2. The lowest BCUT2D eigenvalue weighted by molar-refractivity contribution is -0.0884. The van der Waals surface area contributed by atoms with Gasteiger partial charge < -0.3 is 4.90 Å². The van der Waals surface area contributed by atoms with E-state index in [1.807, 2.05) is 0 Å². The number of nitrogens with zero attached hydrogens (tertiary/aromatic N) is 4. The van der Waals surface area contributed by atoms with Crippen LogP contribution in [-0.2, 0) is 6.42 Å². The molecule has 0 aromatic carbocycles. The maximum atomic E-state index is 12.8. The highest BCUT2D eigenvalue weighted by atomic mass is 19.4. The van der Waals surface area contributed by atoms with Gasteiger partial charge in [-0.15, -0.1) is 0 Å². The van der Waals surface area contributed by atoms with Crippen LogP contribution in [-0.4, -0.2) is 38.6 Å². The van der Waals surface area contributed by atoms with E-state index in [9.17, 15) is 18.0 Å². The Hall–Kier alpha value is -2.12. The van der Waals surface area contributed by atoms with Gasteiger partial charge in [-0.05, 0) is 33.6 Å². The molecule has 0 aliphatic carbocycles. The lowest BCUT2D eigenvalue weighted by Crippen LogP contribution is -2.43. The molecule has 3 heterocycles. The molecule has 1 aliphatic rings. The molecule has 0 saturated carbocycles. The van der Waals surface area contributed by atoms with Gasteiger partial charge in [-0.3, -0.25) is 4.79 Å². The van der Waals surface area contributed by atoms with Crippen molar-refractivity contribution in [3.8, 4) is 0 Å². The SMILES string of the molecule is CCC(C)(C)N1CCc2c(C)nc3c(C(=O)C(F)(F)F)cnn3c21. The predicted molar refractivity (Wildman–Crippen MR) is 83.5 cm³/mol. The number of anilines is 1. The van der Waals surface area contributed by atoms with Crippen molar-refractivity contribution in [2.45, 2.75) is 52.3 Å². The number of carbonyl (C=O) groups is 1. The molecule has 0 atom stereocenters. The van der Waals surface area contributed by atoms with Gasteiger partial charge in [0.25, 0.3) is 5.78 Å². The Bertz CT molecular complexity index is 823. The van der Waals surface area contributed by atoms with E-state index in [0.717, 1.165) is 37.0 Å². The highest BCUT2D eigenvalue weighted by Gasteiger charge is 2.42. The molecule has 130 valence electrons. The number of hydrogen-bond donors (Lipinski definition) is 0. The summed E-state index contributed by atoms with van der Waals surface area (Å²) >= 11 is 0. The summed E-state index contributed by atoms with van der Waals surface area (Å²) in [6, 6.07) is 0. The molecule has 0 unspecified atom stereocenters. The molecule has 0 fully saturated rings. The van der Waals surface area contributed by atoms with Gasteiger partial charge in [0.2, 0.25) is 0 Å². The van der Waals surface area contributed by atoms with Crippen LogP contribution >= 0.6 is 0 Å². The van der Waals surface area contributed by atoms with Crippen LogP contribution in [0.3, 0.4) is 0 Å². The van der Waals surface area contributed by atoms with Gasteiger partial charge >= 0.3 is 6.18 Å². The van der Waals surface area contributed by atoms with Crippen LogP contribution in [0, 0.1) is 6.92 Å². The van der Waals surface area contributed by atoms with Gasteiger partial charge in [-0.1, -0.05) is 6.92 Å². The minimum absolute atomic E-state index is 0.0348. The first-order valence-electron chi connectivity index (χ1n) is 7.84. The predicted octanol–water partition coefficient (Wildman–Crippen LogP) is 3.33. The van der Waals surface area contributed by atoms with E-state index in [2.05, 4.69) is 35.8 Å². The van der Waals surface area contributed by atoms with E-state index in [4.69, 9.17) is 0 Å². The van der Waals surface area contributed by atoms with Gasteiger partial charge in [-0.2, -0.15) is 22.8 Å². The Morgan fingerprint density at radius 1 is 1.33 bits per heavy atom. The smallest absolute Gasteiger partial charge is 0.351 e. The third-order valence-corrected chi connectivity index (χ3v) is 4.86. The van der Waals surface area contributed by atoms with E-state index in [-0.39, 0.29) is 11.2 Å². The van der Waals surface area contributed by atoms with Gasteiger partial charge in [-0.25, -0.2) is 4.98 Å². The number of aromatic nitrogens is 3. The minimum Gasteiger partial charge on any atom is -0.351 e. The number of rotatable bonds is 3. The van der Waals surface area contributed by atoms with Crippen LogP contribution < -0.4 is 4.90 Å². The van der Waals surface area contributed by atoms with Crippen LogP contribution in [0.25, 0.3) is 5.65 Å². The lowest BCUT2D eigenvalue weighted by Gasteiger charge is -2.37. The first kappa shape index (κ1) is 16.7. The van der Waals surface area contributed by atoms with E-state index in [1.54, 1.807) is 6.92 Å². The van der Waals surface area contributed by atoms with E-state index in [1.165, 1.54) is 4.52 Å². The van der Waals surface area contributed by atoms with Gasteiger partial charge in [0.05, 0.1) is 11.8 Å². The highest BCUT2D eigenvalue weighted by molar-refractivity contribution is 6.05. The second-order valence-electron chi connectivity index (χ2n) is 6.69. The Morgan fingerprint density at radius 2 is 2.00 bits per heavy atom. The van der Waals surface area contributed by atoms with E-state index >= 15 is 0 Å². The van der Waals surface area contributed by atoms with Crippen molar-refractivity contribution >= 4 is 17.2 Å². The molecule has 0 spiro atoms. The Morgan fingerprint density at radius 3 is 2.58 bits per heavy atom. The summed E-state index contributed by atoms with van der Waals surface area (Å²) < 4.78 is 39.8. The van der Waals surface area contributed by atoms with Gasteiger partial charge in [0, 0.05) is 23.3 Å². The zero-order valence-corrected chi connectivity index (χ0v) is 14.0. The number of hydrogen-bond acceptors (Lipinski definition) is 4. The second kappa shape index (κ2) is 5.19. The molecule has 0 bridgehead atoms. The molecule has 2 aromatic heterocycles. The number of ketones is 1. The maximum absolute atomic E-state index is 12.8. The number of carbonyl (C=O) groups excluding carboxylic acids is 1. The van der Waals surface area contributed by atoms with Crippen molar-refractivity contribution in [3.63, 3.8) is 0 Å². The fourth-order valence-electron chi connectivity index (χ4n) is 3.11. The second-order valence-corrected chi connectivity index (χ2v) is 6.69. The van der Waals surface area contributed by atoms with Crippen molar-refractivity contribution < 1.29 is 18.0 Å². The zero-order valence-electron chi connectivity index (χ0n) is 14.0. The number of alkyl halides is 3. The first-order chi connectivity index (χ1) is 11.1. The molecule has 0 N–H and O–H groups in total. The fraction of sp³-hybridized carbons (Fsp3) is 0.562. The third-order valence-electron chi connectivity index (χ3n) is 4.86. The number of halogens is 3. The number of aryl methyl sites for hydroxylation is 1. The average molecular weight is 340 g/mol. The largest absolute Gasteiger partial charge is 0.455 e. The van der Waals surface area contributed by atoms with Gasteiger partial charge in [0.15, 0.2) is 5.65 Å². The molecule has 0 saturated heterocycles. The number of Topliss-reactive ketones (excluding diaryl/α,β-unsaturated/α-hetero) is 1. The van der Waals surface area contributed by atoms with Crippen LogP contribution in [0.1, 0.15) is 48.8 Å². The van der Waals surface area contributed by atoms with Gasteiger partial charge in [0.1, 0.15) is 5.82 Å². The lowest BCUT2D eigenvalue weighted by atomic mass is 10.00. The molecule has 1 aliphatic heterocycles. The molecular weight excluding hydrogens is 321 g/mol. The number of fused-ring (bicyclic) bond motifs is 3. The Kier molecular flexibility index (Phi) is 3.62. The maximum Gasteiger partial charge on any atom is 0.455 e. The summed E-state index contributed by atoms with van der Waals surface area (Å²) in [5.74, 6) is -1.17. The molecule has 0 radical (unpaired) electrons. The average Bonchev–Trinajstić information content (AvgIpc) is 3.09. The molecule has 2 aromatic rings. The summed E-state index contributed by atoms with van der Waals surface area (Å²) in [6.45, 7) is 8.73. The summed E-state index contributed by atoms with van der Waals surface area (Å²) in [5, 5.41) is 4.06. The zero-order chi connectivity index (χ0) is 17.9. The van der Waals surface area contributed by atoms with E-state index in [0.29, 0.717) is 5.69 Å². The van der Waals surface area contributed by atoms with Crippen molar-refractivity contribution in [1.82, 2.24) is 14.6 Å². The van der Waals surface area contributed by atoms with Crippen LogP contribution in [0.4, 0.5) is 19.0 Å². The van der Waals surface area contributed by atoms with Crippen LogP contribution in [0.2, 0.25) is 0 Å². The first-order valence-corrected chi connectivity index (χ1v) is 7.84. The summed E-state index contributed by atoms with van der Waals surface area (Å²) in [6.07, 6.45) is -2.35. The monoisotopic (exact) mass is 340 g/mol. The Labute approximate surface area is 137 Å². The molecule has 5 nitrogen and oxygen atoms in total. The van der Waals surface area contributed by atoms with Crippen molar-refractivity contribution in [1.29, 1.82) is 0 Å². The Balaban J connectivity index is 2.25. The third kappa shape index (κ3) is 2.35. The molecule has 0 amide bonds. The minimum atomic E-state index is -4.94. The molecule has 8 heteroatoms. The molecule has 3 rings (SSSR count). The quantitative estimate of drug-likeness (QED) is 0.804. The summed E-state index contributed by atoms with van der Waals surface area (Å²) in [7, 11) is 0. The summed E-state index contributed by atoms with van der Waals surface area (Å²) in [4.78, 5) is 18.0. The van der Waals surface area contributed by atoms with Crippen molar-refractivity contribution in [2.24, 2.45) is 0 Å². The van der Waals surface area contributed by atoms with Crippen molar-refractivity contribution in [3.05, 3.63) is 23.0 Å². The standard InChI is InChI=1S/C16H19F3N4O/c1-5-15(3,4)22-7-6-10-9(2)21-13-11(12(24)16(17,18)19)8-20-23(13)14(10)22/h8H,5-7H2,1-4H3. The molecular formula is C16H19F3N4O.